The van der Waals surface area contributed by atoms with Crippen LogP contribution in [0, 0.1) is 5.92 Å². The summed E-state index contributed by atoms with van der Waals surface area (Å²) in [5, 5.41) is 3.43. The zero-order valence-electron chi connectivity index (χ0n) is 12.5. The lowest BCUT2D eigenvalue weighted by atomic mass is 10.1. The fourth-order valence-corrected chi connectivity index (χ4v) is 3.10. The summed E-state index contributed by atoms with van der Waals surface area (Å²) in [5.41, 5.74) is 1.30. The van der Waals surface area contributed by atoms with Crippen molar-refractivity contribution in [3.8, 4) is 5.75 Å². The topological polar surface area (TPSA) is 24.5 Å². The van der Waals surface area contributed by atoms with Crippen molar-refractivity contribution in [2.45, 2.75) is 32.4 Å². The van der Waals surface area contributed by atoms with Gasteiger partial charge in [0.15, 0.2) is 0 Å². The Bertz CT molecular complexity index is 407. The molecule has 3 heteroatoms. The average molecular weight is 262 g/mol. The number of rotatable bonds is 5. The van der Waals surface area contributed by atoms with Crippen molar-refractivity contribution < 1.29 is 4.74 Å². The number of nitrogens with zero attached hydrogens (tertiary/aromatic N) is 1. The summed E-state index contributed by atoms with van der Waals surface area (Å²) < 4.78 is 5.32. The quantitative estimate of drug-likeness (QED) is 0.883. The van der Waals surface area contributed by atoms with E-state index in [2.05, 4.69) is 42.3 Å². The average Bonchev–Trinajstić information content (AvgIpc) is 2.74. The highest BCUT2D eigenvalue weighted by Crippen LogP contribution is 2.26. The number of likely N-dealkylation sites (N-methyl/N-ethyl adjacent to an activating group) is 1. The summed E-state index contributed by atoms with van der Waals surface area (Å²) in [4.78, 5) is 2.59. The Balaban J connectivity index is 2.07. The van der Waals surface area contributed by atoms with Crippen LogP contribution in [0.1, 0.15) is 31.9 Å². The van der Waals surface area contributed by atoms with Gasteiger partial charge in [0.1, 0.15) is 5.75 Å². The highest BCUT2D eigenvalue weighted by atomic mass is 16.5. The minimum Gasteiger partial charge on any atom is -0.497 e. The number of methoxy groups -OCH3 is 1. The van der Waals surface area contributed by atoms with Crippen molar-refractivity contribution in [1.29, 1.82) is 0 Å². The molecule has 0 radical (unpaired) electrons. The molecule has 2 rings (SSSR count). The Morgan fingerprint density at radius 1 is 1.42 bits per heavy atom. The van der Waals surface area contributed by atoms with Crippen LogP contribution in [0.3, 0.4) is 0 Å². The number of hydrogen-bond donors (Lipinski definition) is 1. The molecule has 1 aliphatic rings. The van der Waals surface area contributed by atoms with Gasteiger partial charge in [-0.05, 0) is 44.0 Å². The van der Waals surface area contributed by atoms with E-state index in [-0.39, 0.29) is 0 Å². The molecule has 1 aliphatic heterocycles. The molecule has 3 atom stereocenters. The maximum absolute atomic E-state index is 5.32. The first-order chi connectivity index (χ1) is 9.13. The standard InChI is InChI=1S/C16H26N2O/c1-12-8-13(2)18(10-12)11-16(17-3)14-6-5-7-15(9-14)19-4/h5-7,9,12-13,16-17H,8,10-11H2,1-4H3. The van der Waals surface area contributed by atoms with Gasteiger partial charge in [-0.1, -0.05) is 19.1 Å². The lowest BCUT2D eigenvalue weighted by Gasteiger charge is -2.27. The molecular weight excluding hydrogens is 236 g/mol. The second kappa shape index (κ2) is 6.40. The first-order valence-corrected chi connectivity index (χ1v) is 7.19. The van der Waals surface area contributed by atoms with Crippen LogP contribution in [0.25, 0.3) is 0 Å². The second-order valence-electron chi connectivity index (χ2n) is 5.76. The predicted octanol–water partition coefficient (Wildman–Crippen LogP) is 2.69. The fourth-order valence-electron chi connectivity index (χ4n) is 3.10. The van der Waals surface area contributed by atoms with Gasteiger partial charge in [-0.2, -0.15) is 0 Å². The Morgan fingerprint density at radius 2 is 2.21 bits per heavy atom. The summed E-state index contributed by atoms with van der Waals surface area (Å²) in [5.74, 6) is 1.75. The Labute approximate surface area is 116 Å². The molecule has 1 saturated heterocycles. The molecule has 0 amide bonds. The third-order valence-electron chi connectivity index (χ3n) is 4.17. The third kappa shape index (κ3) is 3.48. The molecule has 0 bridgehead atoms. The molecule has 19 heavy (non-hydrogen) atoms. The smallest absolute Gasteiger partial charge is 0.119 e. The number of benzene rings is 1. The zero-order valence-corrected chi connectivity index (χ0v) is 12.5. The minimum absolute atomic E-state index is 0.364. The molecule has 3 unspecified atom stereocenters. The van der Waals surface area contributed by atoms with Crippen molar-refractivity contribution in [2.75, 3.05) is 27.2 Å². The van der Waals surface area contributed by atoms with Crippen LogP contribution in [0.15, 0.2) is 24.3 Å². The molecule has 106 valence electrons. The van der Waals surface area contributed by atoms with E-state index in [4.69, 9.17) is 4.74 Å². The molecule has 1 fully saturated rings. The van der Waals surface area contributed by atoms with Crippen molar-refractivity contribution >= 4 is 0 Å². The first-order valence-electron chi connectivity index (χ1n) is 7.19. The van der Waals surface area contributed by atoms with Crippen molar-refractivity contribution in [2.24, 2.45) is 5.92 Å². The summed E-state index contributed by atoms with van der Waals surface area (Å²) in [6.07, 6.45) is 1.31. The number of hydrogen-bond acceptors (Lipinski definition) is 3. The second-order valence-corrected chi connectivity index (χ2v) is 5.76. The molecular formula is C16H26N2O. The molecule has 0 aromatic heterocycles. The number of likely N-dealkylation sites (tertiary alicyclic amines) is 1. The molecule has 0 aliphatic carbocycles. The van der Waals surface area contributed by atoms with Crippen LogP contribution in [0.5, 0.6) is 5.75 Å². The van der Waals surface area contributed by atoms with E-state index in [1.165, 1.54) is 18.5 Å². The number of nitrogens with one attached hydrogen (secondary N) is 1. The molecule has 3 nitrogen and oxygen atoms in total. The number of ether oxygens (including phenoxy) is 1. The molecule has 0 saturated carbocycles. The Morgan fingerprint density at radius 3 is 2.79 bits per heavy atom. The highest BCUT2D eigenvalue weighted by molar-refractivity contribution is 5.30. The van der Waals surface area contributed by atoms with Crippen LogP contribution >= 0.6 is 0 Å². The van der Waals surface area contributed by atoms with Gasteiger partial charge in [0.2, 0.25) is 0 Å². The van der Waals surface area contributed by atoms with Gasteiger partial charge in [0.25, 0.3) is 0 Å². The van der Waals surface area contributed by atoms with Gasteiger partial charge in [0, 0.05) is 25.2 Å². The lowest BCUT2D eigenvalue weighted by Crippen LogP contribution is -2.36. The summed E-state index contributed by atoms with van der Waals surface area (Å²) in [7, 11) is 3.76. The minimum atomic E-state index is 0.364. The van der Waals surface area contributed by atoms with Crippen molar-refractivity contribution in [3.63, 3.8) is 0 Å². The van der Waals surface area contributed by atoms with Gasteiger partial charge in [-0.3, -0.25) is 4.90 Å². The van der Waals surface area contributed by atoms with E-state index in [1.54, 1.807) is 7.11 Å². The van der Waals surface area contributed by atoms with Crippen molar-refractivity contribution in [1.82, 2.24) is 10.2 Å². The fraction of sp³-hybridized carbons (Fsp3) is 0.625. The normalized spacial score (nSPS) is 25.5. The van der Waals surface area contributed by atoms with Crippen LogP contribution in [-0.2, 0) is 0 Å². The van der Waals surface area contributed by atoms with Gasteiger partial charge in [-0.15, -0.1) is 0 Å². The van der Waals surface area contributed by atoms with E-state index in [0.717, 1.165) is 18.2 Å². The van der Waals surface area contributed by atoms with Crippen LogP contribution < -0.4 is 10.1 Å². The summed E-state index contributed by atoms with van der Waals surface area (Å²) in [6.45, 7) is 6.96. The maximum atomic E-state index is 5.32. The van der Waals surface area contributed by atoms with E-state index in [9.17, 15) is 0 Å². The van der Waals surface area contributed by atoms with E-state index in [1.807, 2.05) is 13.1 Å². The van der Waals surface area contributed by atoms with Gasteiger partial charge in [-0.25, -0.2) is 0 Å². The predicted molar refractivity (Wildman–Crippen MR) is 79.6 cm³/mol. The molecule has 0 spiro atoms. The van der Waals surface area contributed by atoms with Crippen LogP contribution in [0.2, 0.25) is 0 Å². The molecule has 1 heterocycles. The first kappa shape index (κ1) is 14.4. The summed E-state index contributed by atoms with van der Waals surface area (Å²) in [6, 6.07) is 9.42. The van der Waals surface area contributed by atoms with E-state index >= 15 is 0 Å². The van der Waals surface area contributed by atoms with Gasteiger partial charge in [0.05, 0.1) is 7.11 Å². The van der Waals surface area contributed by atoms with Crippen LogP contribution in [0.4, 0.5) is 0 Å². The van der Waals surface area contributed by atoms with E-state index < -0.39 is 0 Å². The van der Waals surface area contributed by atoms with E-state index in [0.29, 0.717) is 12.1 Å². The largest absolute Gasteiger partial charge is 0.497 e. The summed E-state index contributed by atoms with van der Waals surface area (Å²) >= 11 is 0. The maximum Gasteiger partial charge on any atom is 0.119 e. The van der Waals surface area contributed by atoms with Crippen LogP contribution in [-0.4, -0.2) is 38.2 Å². The Hall–Kier alpha value is -1.06. The SMILES string of the molecule is CNC(CN1CC(C)CC1C)c1cccc(OC)c1. The van der Waals surface area contributed by atoms with Crippen molar-refractivity contribution in [3.05, 3.63) is 29.8 Å². The molecule has 1 aromatic carbocycles. The monoisotopic (exact) mass is 262 g/mol. The molecule has 1 aromatic rings. The highest BCUT2D eigenvalue weighted by Gasteiger charge is 2.28. The molecule has 1 N–H and O–H groups in total. The zero-order chi connectivity index (χ0) is 13.8. The third-order valence-corrected chi connectivity index (χ3v) is 4.17. The van der Waals surface area contributed by atoms with Gasteiger partial charge >= 0.3 is 0 Å². The Kier molecular flexibility index (Phi) is 4.83. The lowest BCUT2D eigenvalue weighted by molar-refractivity contribution is 0.238. The van der Waals surface area contributed by atoms with Gasteiger partial charge < -0.3 is 10.1 Å².